The van der Waals surface area contributed by atoms with Crippen molar-refractivity contribution < 1.29 is 21.6 Å². The summed E-state index contributed by atoms with van der Waals surface area (Å²) in [6.07, 6.45) is 4.50. The van der Waals surface area contributed by atoms with Crippen molar-refractivity contribution in [3.05, 3.63) is 65.5 Å². The van der Waals surface area contributed by atoms with Gasteiger partial charge in [0, 0.05) is 31.5 Å². The van der Waals surface area contributed by atoms with Gasteiger partial charge in [0.15, 0.2) is 14.6 Å². The van der Waals surface area contributed by atoms with Crippen LogP contribution >= 0.6 is 11.3 Å². The van der Waals surface area contributed by atoms with Crippen LogP contribution in [-0.2, 0) is 26.4 Å². The molecule has 2 aromatic carbocycles. The Bertz CT molecular complexity index is 1510. The van der Waals surface area contributed by atoms with Gasteiger partial charge in [0.1, 0.15) is 0 Å². The van der Waals surface area contributed by atoms with Gasteiger partial charge in [-0.2, -0.15) is 9.30 Å². The van der Waals surface area contributed by atoms with E-state index in [2.05, 4.69) is 11.6 Å². The number of carbonyl (C=O) groups excluding carboxylic acids is 1. The first-order valence-corrected chi connectivity index (χ1v) is 14.4. The number of amides is 1. The van der Waals surface area contributed by atoms with Crippen LogP contribution < -0.4 is 4.80 Å². The third-order valence-corrected chi connectivity index (χ3v) is 9.46. The molecule has 174 valence electrons. The average molecular weight is 506 g/mol. The number of thiazole rings is 1. The van der Waals surface area contributed by atoms with E-state index < -0.39 is 25.8 Å². The number of hydrogen-bond donors (Lipinski definition) is 0. The standard InChI is InChI=1S/C22H23N3O5S3/c1-3-12-25-19-11-10-18(32(2,27)28)15-20(19)31-22(25)23-21(26)16-6-8-17(9-7-16)33(29,30)24-13-4-5-14-24/h3,6-11,15H,1,4-5,12-14H2,2H3. The largest absolute Gasteiger partial charge is 0.312 e. The van der Waals surface area contributed by atoms with E-state index in [0.29, 0.717) is 29.1 Å². The molecular formula is C22H23N3O5S3. The fourth-order valence-corrected chi connectivity index (χ4v) is 6.99. The molecule has 0 N–H and O–H groups in total. The molecule has 2 heterocycles. The highest BCUT2D eigenvalue weighted by Crippen LogP contribution is 2.23. The van der Waals surface area contributed by atoms with Crippen LogP contribution in [0.15, 0.2) is 69.9 Å². The lowest BCUT2D eigenvalue weighted by molar-refractivity contribution is 0.0997. The lowest BCUT2D eigenvalue weighted by atomic mass is 10.2. The molecule has 33 heavy (non-hydrogen) atoms. The zero-order valence-corrected chi connectivity index (χ0v) is 20.4. The van der Waals surface area contributed by atoms with Gasteiger partial charge in [0.25, 0.3) is 5.91 Å². The molecule has 1 aliphatic heterocycles. The number of sulfonamides is 1. The molecule has 0 spiro atoms. The van der Waals surface area contributed by atoms with E-state index >= 15 is 0 Å². The fraction of sp³-hybridized carbons (Fsp3) is 0.273. The average Bonchev–Trinajstić information content (AvgIpc) is 3.42. The maximum absolute atomic E-state index is 12.8. The van der Waals surface area contributed by atoms with Crippen molar-refractivity contribution in [2.45, 2.75) is 29.2 Å². The zero-order chi connectivity index (χ0) is 23.8. The third-order valence-electron chi connectivity index (χ3n) is 5.40. The van der Waals surface area contributed by atoms with Crippen molar-refractivity contribution in [3.63, 3.8) is 0 Å². The van der Waals surface area contributed by atoms with Crippen molar-refractivity contribution in [1.82, 2.24) is 8.87 Å². The maximum Gasteiger partial charge on any atom is 0.279 e. The van der Waals surface area contributed by atoms with Crippen LogP contribution in [0.25, 0.3) is 10.2 Å². The van der Waals surface area contributed by atoms with Crippen LogP contribution in [0, 0.1) is 0 Å². The number of allylic oxidation sites excluding steroid dienone is 1. The summed E-state index contributed by atoms with van der Waals surface area (Å²) in [7, 11) is -6.93. The van der Waals surface area contributed by atoms with Gasteiger partial charge >= 0.3 is 0 Å². The number of sulfone groups is 1. The molecule has 1 fully saturated rings. The second kappa shape index (κ2) is 8.98. The monoisotopic (exact) mass is 505 g/mol. The molecule has 3 aromatic rings. The molecule has 8 nitrogen and oxygen atoms in total. The van der Waals surface area contributed by atoms with Crippen LogP contribution in [0.3, 0.4) is 0 Å². The number of benzene rings is 2. The van der Waals surface area contributed by atoms with Gasteiger partial charge < -0.3 is 4.57 Å². The van der Waals surface area contributed by atoms with Crippen LogP contribution in [0.4, 0.5) is 0 Å². The summed E-state index contributed by atoms with van der Waals surface area (Å²) >= 11 is 1.20. The van der Waals surface area contributed by atoms with E-state index in [9.17, 15) is 21.6 Å². The summed E-state index contributed by atoms with van der Waals surface area (Å²) < 4.78 is 53.1. The highest BCUT2D eigenvalue weighted by atomic mass is 32.2. The molecule has 1 aromatic heterocycles. The van der Waals surface area contributed by atoms with Crippen molar-refractivity contribution >= 4 is 47.3 Å². The van der Waals surface area contributed by atoms with Crippen molar-refractivity contribution in [2.24, 2.45) is 4.99 Å². The van der Waals surface area contributed by atoms with E-state index in [1.807, 2.05) is 0 Å². The molecule has 1 amide bonds. The summed E-state index contributed by atoms with van der Waals surface area (Å²) in [5.41, 5.74) is 1.00. The van der Waals surface area contributed by atoms with Crippen molar-refractivity contribution in [1.29, 1.82) is 0 Å². The van der Waals surface area contributed by atoms with E-state index in [-0.39, 0.29) is 15.4 Å². The van der Waals surface area contributed by atoms with Gasteiger partial charge in [0.05, 0.1) is 20.0 Å². The summed E-state index contributed by atoms with van der Waals surface area (Å²) in [5.74, 6) is -0.521. The summed E-state index contributed by atoms with van der Waals surface area (Å²) in [6, 6.07) is 10.6. The van der Waals surface area contributed by atoms with Gasteiger partial charge in [-0.15, -0.1) is 6.58 Å². The Hall–Kier alpha value is -2.60. The lowest BCUT2D eigenvalue weighted by Gasteiger charge is -2.15. The number of aromatic nitrogens is 1. The van der Waals surface area contributed by atoms with Crippen LogP contribution in [-0.4, -0.2) is 51.0 Å². The van der Waals surface area contributed by atoms with Gasteiger partial charge in [-0.05, 0) is 55.3 Å². The molecular weight excluding hydrogens is 482 g/mol. The molecule has 1 saturated heterocycles. The minimum absolute atomic E-state index is 0.151. The SMILES string of the molecule is C=CCn1c(=NC(=O)c2ccc(S(=O)(=O)N3CCCC3)cc2)sc2cc(S(C)(=O)=O)ccc21. The smallest absolute Gasteiger partial charge is 0.279 e. The Morgan fingerprint density at radius 3 is 2.30 bits per heavy atom. The van der Waals surface area contributed by atoms with Crippen LogP contribution in [0.2, 0.25) is 0 Å². The Kier molecular flexibility index (Phi) is 6.41. The van der Waals surface area contributed by atoms with Gasteiger partial charge in [-0.25, -0.2) is 16.8 Å². The quantitative estimate of drug-likeness (QED) is 0.479. The predicted molar refractivity (Wildman–Crippen MR) is 127 cm³/mol. The van der Waals surface area contributed by atoms with Gasteiger partial charge in [-0.3, -0.25) is 4.79 Å². The number of nitrogens with zero attached hydrogens (tertiary/aromatic N) is 3. The van der Waals surface area contributed by atoms with Crippen LogP contribution in [0.1, 0.15) is 23.2 Å². The van der Waals surface area contributed by atoms with E-state index in [0.717, 1.165) is 24.6 Å². The first-order chi connectivity index (χ1) is 15.6. The molecule has 0 bridgehead atoms. The van der Waals surface area contributed by atoms with Crippen molar-refractivity contribution in [2.75, 3.05) is 19.3 Å². The Balaban J connectivity index is 1.71. The first kappa shape index (κ1) is 23.6. The number of hydrogen-bond acceptors (Lipinski definition) is 6. The predicted octanol–water partition coefficient (Wildman–Crippen LogP) is 2.82. The molecule has 4 rings (SSSR count). The minimum Gasteiger partial charge on any atom is -0.312 e. The molecule has 0 aliphatic carbocycles. The first-order valence-electron chi connectivity index (χ1n) is 10.2. The van der Waals surface area contributed by atoms with E-state index in [1.54, 1.807) is 22.8 Å². The summed E-state index contributed by atoms with van der Waals surface area (Å²) in [6.45, 7) is 5.15. The third kappa shape index (κ3) is 4.72. The number of fused-ring (bicyclic) bond motifs is 1. The van der Waals surface area contributed by atoms with Gasteiger partial charge in [0.2, 0.25) is 10.0 Å². The summed E-state index contributed by atoms with van der Waals surface area (Å²) in [5, 5.41) is 0. The molecule has 0 radical (unpaired) electrons. The second-order valence-electron chi connectivity index (χ2n) is 7.74. The Morgan fingerprint density at radius 2 is 1.70 bits per heavy atom. The normalized spacial score (nSPS) is 15.8. The maximum atomic E-state index is 12.8. The Morgan fingerprint density at radius 1 is 1.06 bits per heavy atom. The zero-order valence-electron chi connectivity index (χ0n) is 18.0. The molecule has 1 aliphatic rings. The fourth-order valence-electron chi connectivity index (χ4n) is 3.67. The lowest BCUT2D eigenvalue weighted by Crippen LogP contribution is -2.27. The molecule has 0 saturated carbocycles. The number of rotatable bonds is 6. The molecule has 11 heteroatoms. The van der Waals surface area contributed by atoms with Crippen molar-refractivity contribution in [3.8, 4) is 0 Å². The van der Waals surface area contributed by atoms with E-state index in [1.165, 1.54) is 46.0 Å². The summed E-state index contributed by atoms with van der Waals surface area (Å²) in [4.78, 5) is 17.8. The highest BCUT2D eigenvalue weighted by molar-refractivity contribution is 7.90. The minimum atomic E-state index is -3.56. The van der Waals surface area contributed by atoms with E-state index in [4.69, 9.17) is 0 Å². The topological polar surface area (TPSA) is 106 Å². The Labute approximate surface area is 196 Å². The molecule has 0 unspecified atom stereocenters. The highest BCUT2D eigenvalue weighted by Gasteiger charge is 2.27. The van der Waals surface area contributed by atoms with Crippen LogP contribution in [0.5, 0.6) is 0 Å². The molecule has 0 atom stereocenters. The number of carbonyl (C=O) groups is 1. The van der Waals surface area contributed by atoms with Gasteiger partial charge in [-0.1, -0.05) is 17.4 Å². The second-order valence-corrected chi connectivity index (χ2v) is 12.7.